The number of aromatic nitrogens is 2. The smallest absolute Gasteiger partial charge is 0.354 e. The highest BCUT2D eigenvalue weighted by molar-refractivity contribution is 6.02. The second kappa shape index (κ2) is 3.63. The zero-order valence-electron chi connectivity index (χ0n) is 9.56. The zero-order chi connectivity index (χ0) is 11.9. The molecule has 4 heteroatoms. The fourth-order valence-corrected chi connectivity index (χ4v) is 1.96. The van der Waals surface area contributed by atoms with Gasteiger partial charge in [-0.1, -0.05) is 32.0 Å². The Labute approximate surface area is 93.5 Å². The first-order valence-electron chi connectivity index (χ1n) is 5.21. The molecule has 0 saturated carbocycles. The highest BCUT2D eigenvalue weighted by Crippen LogP contribution is 2.26. The number of hydrogen-bond acceptors (Lipinski definition) is 2. The molecular formula is C12H14N2O2. The van der Waals surface area contributed by atoms with Gasteiger partial charge in [-0.25, -0.2) is 4.79 Å². The summed E-state index contributed by atoms with van der Waals surface area (Å²) in [5.74, 6) is -0.605. The summed E-state index contributed by atoms with van der Waals surface area (Å²) in [5, 5.41) is 14.1. The van der Waals surface area contributed by atoms with Crippen LogP contribution in [0.4, 0.5) is 0 Å². The van der Waals surface area contributed by atoms with Crippen molar-refractivity contribution in [2.24, 2.45) is 7.05 Å². The van der Waals surface area contributed by atoms with Crippen LogP contribution in [0.5, 0.6) is 0 Å². The summed E-state index contributed by atoms with van der Waals surface area (Å²) in [6.45, 7) is 4.15. The molecule has 0 fully saturated rings. The predicted molar refractivity (Wildman–Crippen MR) is 61.8 cm³/mol. The molecule has 1 aromatic heterocycles. The van der Waals surface area contributed by atoms with E-state index in [0.717, 1.165) is 11.1 Å². The second-order valence-electron chi connectivity index (χ2n) is 4.18. The van der Waals surface area contributed by atoms with E-state index in [1.165, 1.54) is 4.68 Å². The van der Waals surface area contributed by atoms with Gasteiger partial charge in [0.25, 0.3) is 0 Å². The SMILES string of the molecule is CC(C)c1cccc2c(C(=O)O)n(C)nc12. The minimum absolute atomic E-state index is 0.248. The van der Waals surface area contributed by atoms with Crippen LogP contribution in [-0.4, -0.2) is 20.9 Å². The summed E-state index contributed by atoms with van der Waals surface area (Å²) in [7, 11) is 1.66. The molecule has 0 bridgehead atoms. The average Bonchev–Trinajstić information content (AvgIpc) is 2.52. The Bertz CT molecular complexity index is 555. The van der Waals surface area contributed by atoms with Gasteiger partial charge >= 0.3 is 5.97 Å². The molecule has 0 atom stereocenters. The molecule has 1 N–H and O–H groups in total. The molecule has 2 aromatic rings. The third-order valence-corrected chi connectivity index (χ3v) is 2.72. The fourth-order valence-electron chi connectivity index (χ4n) is 1.96. The standard InChI is InChI=1S/C12H14N2O2/c1-7(2)8-5-4-6-9-10(8)13-14(3)11(9)12(15)16/h4-7H,1-3H3,(H,15,16). The fraction of sp³-hybridized carbons (Fsp3) is 0.333. The van der Waals surface area contributed by atoms with Crippen molar-refractivity contribution in [2.45, 2.75) is 19.8 Å². The van der Waals surface area contributed by atoms with Crippen LogP contribution < -0.4 is 0 Å². The quantitative estimate of drug-likeness (QED) is 0.842. The Balaban J connectivity index is 2.83. The Morgan fingerprint density at radius 2 is 2.12 bits per heavy atom. The van der Waals surface area contributed by atoms with Gasteiger partial charge in [-0.05, 0) is 11.5 Å². The van der Waals surface area contributed by atoms with Crippen molar-refractivity contribution in [3.05, 3.63) is 29.5 Å². The summed E-state index contributed by atoms with van der Waals surface area (Å²) < 4.78 is 1.43. The molecule has 2 rings (SSSR count). The van der Waals surface area contributed by atoms with Crippen LogP contribution in [0.1, 0.15) is 35.8 Å². The number of hydrogen-bond donors (Lipinski definition) is 1. The van der Waals surface area contributed by atoms with Gasteiger partial charge in [0.15, 0.2) is 5.69 Å². The van der Waals surface area contributed by atoms with Gasteiger partial charge in [0.05, 0.1) is 5.52 Å². The van der Waals surface area contributed by atoms with E-state index in [0.29, 0.717) is 11.3 Å². The number of nitrogens with zero attached hydrogens (tertiary/aromatic N) is 2. The Hall–Kier alpha value is -1.84. The van der Waals surface area contributed by atoms with Crippen LogP contribution in [0.3, 0.4) is 0 Å². The summed E-state index contributed by atoms with van der Waals surface area (Å²) >= 11 is 0. The van der Waals surface area contributed by atoms with Crippen molar-refractivity contribution in [3.63, 3.8) is 0 Å². The lowest BCUT2D eigenvalue weighted by Gasteiger charge is -2.04. The molecule has 4 nitrogen and oxygen atoms in total. The Morgan fingerprint density at radius 3 is 2.69 bits per heavy atom. The van der Waals surface area contributed by atoms with E-state index in [4.69, 9.17) is 5.11 Å². The maximum Gasteiger partial charge on any atom is 0.354 e. The number of carboxylic acid groups (broad SMARTS) is 1. The molecule has 0 aliphatic rings. The van der Waals surface area contributed by atoms with Gasteiger partial charge in [0, 0.05) is 12.4 Å². The monoisotopic (exact) mass is 218 g/mol. The average molecular weight is 218 g/mol. The number of aromatic carboxylic acids is 1. The first kappa shape index (κ1) is 10.7. The molecule has 0 amide bonds. The third kappa shape index (κ3) is 1.46. The first-order chi connectivity index (χ1) is 7.52. The first-order valence-corrected chi connectivity index (χ1v) is 5.21. The zero-order valence-corrected chi connectivity index (χ0v) is 9.56. The number of benzene rings is 1. The molecule has 0 aliphatic heterocycles. The number of rotatable bonds is 2. The molecule has 16 heavy (non-hydrogen) atoms. The lowest BCUT2D eigenvalue weighted by Crippen LogP contribution is -2.05. The topological polar surface area (TPSA) is 55.1 Å². The van der Waals surface area contributed by atoms with Gasteiger partial charge in [0.1, 0.15) is 0 Å². The van der Waals surface area contributed by atoms with E-state index in [9.17, 15) is 4.79 Å². The van der Waals surface area contributed by atoms with Crippen molar-refractivity contribution in [3.8, 4) is 0 Å². The number of fused-ring (bicyclic) bond motifs is 1. The second-order valence-corrected chi connectivity index (χ2v) is 4.18. The van der Waals surface area contributed by atoms with Crippen LogP contribution in [0, 0.1) is 0 Å². The van der Waals surface area contributed by atoms with Crippen LogP contribution >= 0.6 is 0 Å². The van der Waals surface area contributed by atoms with Gasteiger partial charge in [-0.3, -0.25) is 4.68 Å². The third-order valence-electron chi connectivity index (χ3n) is 2.72. The van der Waals surface area contributed by atoms with E-state index in [2.05, 4.69) is 18.9 Å². The van der Waals surface area contributed by atoms with Crippen LogP contribution in [0.25, 0.3) is 10.9 Å². The van der Waals surface area contributed by atoms with Crippen LogP contribution in [0.2, 0.25) is 0 Å². The van der Waals surface area contributed by atoms with Gasteiger partial charge in [-0.2, -0.15) is 5.10 Å². The maximum atomic E-state index is 11.1. The van der Waals surface area contributed by atoms with E-state index in [1.807, 2.05) is 12.1 Å². The van der Waals surface area contributed by atoms with Crippen molar-refractivity contribution < 1.29 is 9.90 Å². The van der Waals surface area contributed by atoms with Gasteiger partial charge in [0.2, 0.25) is 0 Å². The van der Waals surface area contributed by atoms with Crippen molar-refractivity contribution in [1.82, 2.24) is 9.78 Å². The lowest BCUT2D eigenvalue weighted by atomic mass is 10.00. The molecule has 84 valence electrons. The van der Waals surface area contributed by atoms with Crippen LogP contribution in [-0.2, 0) is 7.05 Å². The predicted octanol–water partition coefficient (Wildman–Crippen LogP) is 2.39. The molecule has 0 aliphatic carbocycles. The number of carbonyl (C=O) groups is 1. The maximum absolute atomic E-state index is 11.1. The van der Waals surface area contributed by atoms with Gasteiger partial charge in [-0.15, -0.1) is 0 Å². The minimum atomic E-state index is -0.939. The molecule has 0 radical (unpaired) electrons. The summed E-state index contributed by atoms with van der Waals surface area (Å²) in [5.41, 5.74) is 2.12. The molecule has 1 heterocycles. The minimum Gasteiger partial charge on any atom is -0.477 e. The largest absolute Gasteiger partial charge is 0.477 e. The molecule has 0 spiro atoms. The highest BCUT2D eigenvalue weighted by atomic mass is 16.4. The molecule has 0 unspecified atom stereocenters. The normalized spacial score (nSPS) is 11.2. The molecule has 0 saturated heterocycles. The van der Waals surface area contributed by atoms with Crippen molar-refractivity contribution in [2.75, 3.05) is 0 Å². The summed E-state index contributed by atoms with van der Waals surface area (Å²) in [4.78, 5) is 11.1. The molecular weight excluding hydrogens is 204 g/mol. The molecule has 1 aromatic carbocycles. The summed E-state index contributed by atoms with van der Waals surface area (Å²) in [6, 6.07) is 5.68. The summed E-state index contributed by atoms with van der Waals surface area (Å²) in [6.07, 6.45) is 0. The van der Waals surface area contributed by atoms with Gasteiger partial charge < -0.3 is 5.11 Å². The van der Waals surface area contributed by atoms with E-state index in [-0.39, 0.29) is 5.69 Å². The number of aryl methyl sites for hydroxylation is 1. The number of carboxylic acids is 1. The van der Waals surface area contributed by atoms with Crippen LogP contribution in [0.15, 0.2) is 18.2 Å². The Morgan fingerprint density at radius 1 is 1.44 bits per heavy atom. The lowest BCUT2D eigenvalue weighted by molar-refractivity contribution is 0.0687. The van der Waals surface area contributed by atoms with E-state index in [1.54, 1.807) is 13.1 Å². The van der Waals surface area contributed by atoms with E-state index < -0.39 is 5.97 Å². The van der Waals surface area contributed by atoms with Crippen molar-refractivity contribution >= 4 is 16.9 Å². The van der Waals surface area contributed by atoms with E-state index >= 15 is 0 Å². The Kier molecular flexibility index (Phi) is 2.42. The highest BCUT2D eigenvalue weighted by Gasteiger charge is 2.17. The van der Waals surface area contributed by atoms with Crippen molar-refractivity contribution in [1.29, 1.82) is 0 Å².